The Morgan fingerprint density at radius 3 is 2.33 bits per heavy atom. The molecule has 0 bridgehead atoms. The van der Waals surface area contributed by atoms with Gasteiger partial charge in [-0.25, -0.2) is 10.3 Å². The molecule has 326 valence electrons. The molecule has 8 N–H and O–H groups in total. The lowest BCUT2D eigenvalue weighted by Gasteiger charge is -2.32. The van der Waals surface area contributed by atoms with Crippen LogP contribution in [-0.2, 0) is 30.5 Å². The number of nitrogens with two attached hydrogens (primary N) is 1. The maximum absolute atomic E-state index is 14.8. The summed E-state index contributed by atoms with van der Waals surface area (Å²) in [5.74, 6) is -3.75. The van der Waals surface area contributed by atoms with E-state index in [-0.39, 0.29) is 44.2 Å². The summed E-state index contributed by atoms with van der Waals surface area (Å²) in [6, 6.07) is 18.0. The molecule has 5 amide bonds. The summed E-state index contributed by atoms with van der Waals surface area (Å²) in [6.45, 7) is 3.27. The van der Waals surface area contributed by atoms with Crippen molar-refractivity contribution < 1.29 is 38.6 Å². The number of alkyl carbamates (subject to hydrolysis) is 1. The van der Waals surface area contributed by atoms with E-state index in [1.54, 1.807) is 12.1 Å². The summed E-state index contributed by atoms with van der Waals surface area (Å²) in [5, 5.41) is 27.4. The summed E-state index contributed by atoms with van der Waals surface area (Å²) >= 11 is 0. The van der Waals surface area contributed by atoms with Crippen LogP contribution >= 0.6 is 0 Å². The topological polar surface area (TPSA) is 245 Å². The lowest BCUT2D eigenvalue weighted by atomic mass is 9.84. The minimum absolute atomic E-state index is 0.0132. The van der Waals surface area contributed by atoms with E-state index in [1.807, 2.05) is 60.7 Å². The number of rotatable bonds is 20. The molecule has 1 unspecified atom stereocenters. The molecule has 1 saturated heterocycles. The number of carbonyl (C=O) groups excluding carboxylic acids is 6. The number of ether oxygens (including phenoxy) is 1. The summed E-state index contributed by atoms with van der Waals surface area (Å²) < 4.78 is 5.23. The Labute approximate surface area is 355 Å². The Kier molecular flexibility index (Phi) is 16.5. The van der Waals surface area contributed by atoms with Gasteiger partial charge in [-0.3, -0.25) is 24.0 Å². The molecule has 16 heteroatoms. The predicted octanol–water partition coefficient (Wildman–Crippen LogP) is 4.75. The van der Waals surface area contributed by atoms with Crippen molar-refractivity contribution in [2.45, 2.75) is 114 Å². The Hall–Kier alpha value is -6.16. The first-order valence-corrected chi connectivity index (χ1v) is 21.0. The zero-order valence-corrected chi connectivity index (χ0v) is 34.9. The Morgan fingerprint density at radius 1 is 0.934 bits per heavy atom. The number of ketones is 1. The third-order valence-electron chi connectivity index (χ3n) is 11.3. The average Bonchev–Trinajstić information content (AvgIpc) is 3.68. The van der Waals surface area contributed by atoms with Gasteiger partial charge in [-0.1, -0.05) is 92.8 Å². The van der Waals surface area contributed by atoms with Gasteiger partial charge in [0.05, 0.1) is 17.9 Å². The van der Waals surface area contributed by atoms with Crippen molar-refractivity contribution >= 4 is 46.3 Å². The first-order chi connectivity index (χ1) is 29.2. The van der Waals surface area contributed by atoms with Crippen LogP contribution in [-0.4, -0.2) is 88.4 Å². The van der Waals surface area contributed by atoms with E-state index in [1.165, 1.54) is 18.7 Å². The van der Waals surface area contributed by atoms with E-state index in [9.17, 15) is 33.9 Å². The largest absolute Gasteiger partial charge is 0.445 e. The van der Waals surface area contributed by atoms with Crippen LogP contribution in [0.25, 0.3) is 10.8 Å². The van der Waals surface area contributed by atoms with Crippen LogP contribution in [0.2, 0.25) is 0 Å². The molecule has 1 heterocycles. The van der Waals surface area contributed by atoms with Crippen LogP contribution in [0, 0.1) is 11.4 Å². The molecular formula is C45H58N8O8. The Morgan fingerprint density at radius 2 is 1.64 bits per heavy atom. The standard InChI is InChI=1S/C45H58N8O8/c1-45(2,60)38(26-49-47)50-34-25-37(42(57)51-35(39(54)40(46)55)19-11-12-22-48-44(59)61-28-30-15-7-4-8-16-30)53(27-34)43(58)36(23-29-13-5-3-6-14-29)52-41(56)33-21-20-31-17-9-10-18-32(31)24-33/h4,7-10,15-18,20-21,24,26,29,34-37,47,50,60H,3,5-6,11-14,19,22-23,25,27-28H2,1-2H3,(H2,46,55)(H,48,59)(H,51,57)(H,52,56)/b38-26-,49-47?/t34-,35?,36+,37-/m0/s1. The molecule has 1 aliphatic heterocycles. The normalized spacial score (nSPS) is 18.1. The number of benzene rings is 3. The van der Waals surface area contributed by atoms with Crippen molar-refractivity contribution in [2.75, 3.05) is 13.1 Å². The zero-order valence-electron chi connectivity index (χ0n) is 34.9. The van der Waals surface area contributed by atoms with E-state index < -0.39 is 65.3 Å². The lowest BCUT2D eigenvalue weighted by Crippen LogP contribution is -2.56. The second-order valence-corrected chi connectivity index (χ2v) is 16.4. The van der Waals surface area contributed by atoms with Crippen LogP contribution < -0.4 is 27.0 Å². The van der Waals surface area contributed by atoms with Crippen molar-refractivity contribution in [2.24, 2.45) is 16.8 Å². The maximum atomic E-state index is 14.8. The number of fused-ring (bicyclic) bond motifs is 1. The summed E-state index contributed by atoms with van der Waals surface area (Å²) in [4.78, 5) is 81.8. The number of nitrogens with one attached hydrogen (secondary N) is 5. The zero-order chi connectivity index (χ0) is 43.9. The number of primary amides is 1. The van der Waals surface area contributed by atoms with Gasteiger partial charge in [0.1, 0.15) is 24.3 Å². The molecule has 61 heavy (non-hydrogen) atoms. The number of carbonyl (C=O) groups is 6. The summed E-state index contributed by atoms with van der Waals surface area (Å²) in [5.41, 5.74) is 12.7. The number of hydrogen-bond acceptors (Lipinski definition) is 11. The highest BCUT2D eigenvalue weighted by molar-refractivity contribution is 6.37. The number of aliphatic hydroxyl groups is 1. The van der Waals surface area contributed by atoms with Crippen molar-refractivity contribution in [3.63, 3.8) is 0 Å². The number of amides is 5. The van der Waals surface area contributed by atoms with Crippen LogP contribution in [0.3, 0.4) is 0 Å². The molecule has 0 radical (unpaired) electrons. The molecule has 1 aliphatic carbocycles. The molecule has 2 fully saturated rings. The third kappa shape index (κ3) is 13.4. The third-order valence-corrected chi connectivity index (χ3v) is 11.3. The Balaban J connectivity index is 1.33. The minimum atomic E-state index is -1.45. The quantitative estimate of drug-likeness (QED) is 0.0471. The monoisotopic (exact) mass is 838 g/mol. The number of unbranched alkanes of at least 4 members (excludes halogenated alkanes) is 1. The molecule has 0 aromatic heterocycles. The number of Topliss-reactive ketones (excluding diaryl/α,β-unsaturated/α-hetero) is 1. The molecular weight excluding hydrogens is 781 g/mol. The van der Waals surface area contributed by atoms with Gasteiger partial charge in [-0.15, -0.1) is 0 Å². The van der Waals surface area contributed by atoms with Crippen molar-refractivity contribution in [1.82, 2.24) is 26.2 Å². The molecule has 2 aliphatic rings. The number of hydrogen-bond donors (Lipinski definition) is 7. The molecule has 0 spiro atoms. The van der Waals surface area contributed by atoms with E-state index in [2.05, 4.69) is 26.4 Å². The fourth-order valence-corrected chi connectivity index (χ4v) is 7.99. The van der Waals surface area contributed by atoms with Crippen LogP contribution in [0.4, 0.5) is 4.79 Å². The highest BCUT2D eigenvalue weighted by Gasteiger charge is 2.44. The second kappa shape index (κ2) is 21.9. The van der Waals surface area contributed by atoms with Gasteiger partial charge in [0.15, 0.2) is 0 Å². The number of nitrogens with zero attached hydrogens (tertiary/aromatic N) is 2. The first kappa shape index (κ1) is 45.9. The second-order valence-electron chi connectivity index (χ2n) is 16.4. The highest BCUT2D eigenvalue weighted by atomic mass is 16.5. The van der Waals surface area contributed by atoms with Gasteiger partial charge < -0.3 is 41.7 Å². The first-order valence-electron chi connectivity index (χ1n) is 21.0. The predicted molar refractivity (Wildman–Crippen MR) is 228 cm³/mol. The maximum Gasteiger partial charge on any atom is 0.407 e. The SMILES string of the molecule is CC(C)(O)/C(=C/N=N)N[C@H]1C[C@@H](C(=O)NC(CCCCNC(=O)OCc2ccccc2)C(=O)C(N)=O)N(C(=O)[C@@H](CC2CCCCC2)NC(=O)c2ccc3ccccc3c2)C1. The molecule has 1 saturated carbocycles. The molecule has 3 aromatic rings. The smallest absolute Gasteiger partial charge is 0.407 e. The van der Waals surface area contributed by atoms with E-state index in [4.69, 9.17) is 16.0 Å². The van der Waals surface area contributed by atoms with E-state index in [0.29, 0.717) is 24.8 Å². The van der Waals surface area contributed by atoms with Crippen LogP contribution in [0.15, 0.2) is 89.8 Å². The van der Waals surface area contributed by atoms with Crippen molar-refractivity contribution in [3.8, 4) is 0 Å². The highest BCUT2D eigenvalue weighted by Crippen LogP contribution is 2.30. The van der Waals surface area contributed by atoms with Gasteiger partial charge >= 0.3 is 6.09 Å². The van der Waals surface area contributed by atoms with E-state index >= 15 is 0 Å². The van der Waals surface area contributed by atoms with Gasteiger partial charge in [0.25, 0.3) is 11.8 Å². The molecule has 5 rings (SSSR count). The van der Waals surface area contributed by atoms with Crippen molar-refractivity contribution in [3.05, 3.63) is 95.8 Å². The fraction of sp³-hybridized carbons (Fsp3) is 0.467. The fourth-order valence-electron chi connectivity index (χ4n) is 7.99. The van der Waals surface area contributed by atoms with Gasteiger partial charge in [0.2, 0.25) is 17.6 Å². The lowest BCUT2D eigenvalue weighted by molar-refractivity contribution is -0.142. The number of likely N-dealkylation sites (tertiary alicyclic amines) is 1. The van der Waals surface area contributed by atoms with E-state index in [0.717, 1.165) is 54.6 Å². The Bertz CT molecular complexity index is 2060. The summed E-state index contributed by atoms with van der Waals surface area (Å²) in [7, 11) is 0. The molecule has 16 nitrogen and oxygen atoms in total. The van der Waals surface area contributed by atoms with Gasteiger partial charge in [-0.05, 0) is 80.3 Å². The van der Waals surface area contributed by atoms with Gasteiger partial charge in [0, 0.05) is 24.7 Å². The van der Waals surface area contributed by atoms with Crippen LogP contribution in [0.1, 0.15) is 94.0 Å². The molecule has 4 atom stereocenters. The van der Waals surface area contributed by atoms with Crippen molar-refractivity contribution in [1.29, 1.82) is 5.53 Å². The average molecular weight is 839 g/mol. The van der Waals surface area contributed by atoms with Crippen LogP contribution in [0.5, 0.6) is 0 Å². The molecule has 3 aromatic carbocycles. The van der Waals surface area contributed by atoms with Gasteiger partial charge in [-0.2, -0.15) is 5.11 Å². The minimum Gasteiger partial charge on any atom is -0.445 e. The summed E-state index contributed by atoms with van der Waals surface area (Å²) in [6.07, 6.45) is 6.47.